The van der Waals surface area contributed by atoms with Gasteiger partial charge in [-0.05, 0) is 23.8 Å². The van der Waals surface area contributed by atoms with Crippen molar-refractivity contribution in [3.63, 3.8) is 0 Å². The highest BCUT2D eigenvalue weighted by Crippen LogP contribution is 2.28. The number of hydrogen-bond donors (Lipinski definition) is 3. The molecule has 3 rings (SSSR count). The number of rotatable bonds is 7. The minimum atomic E-state index is 0.493. The summed E-state index contributed by atoms with van der Waals surface area (Å²) in [7, 11) is 1.65. The van der Waals surface area contributed by atoms with E-state index in [-0.39, 0.29) is 0 Å². The molecule has 0 unspecified atom stereocenters. The van der Waals surface area contributed by atoms with E-state index in [0.717, 1.165) is 30.2 Å². The average Bonchev–Trinajstić information content (AvgIpc) is 2.73. The fraction of sp³-hybridized carbons (Fsp3) is 0.368. The highest BCUT2D eigenvalue weighted by atomic mass is 16.5. The van der Waals surface area contributed by atoms with Gasteiger partial charge in [0.05, 0.1) is 20.3 Å². The minimum Gasteiger partial charge on any atom is -0.497 e. The topological polar surface area (TPSA) is 112 Å². The van der Waals surface area contributed by atoms with Crippen LogP contribution >= 0.6 is 0 Å². The summed E-state index contributed by atoms with van der Waals surface area (Å²) in [5.41, 5.74) is 13.5. The molecule has 0 saturated carbocycles. The van der Waals surface area contributed by atoms with E-state index in [1.807, 2.05) is 36.4 Å². The number of nitrogens with two attached hydrogens (primary N) is 2. The van der Waals surface area contributed by atoms with Gasteiger partial charge in [-0.2, -0.15) is 0 Å². The Morgan fingerprint density at radius 3 is 2.59 bits per heavy atom. The van der Waals surface area contributed by atoms with E-state index < -0.39 is 0 Å². The lowest BCUT2D eigenvalue weighted by Gasteiger charge is -2.29. The first-order chi connectivity index (χ1) is 13.2. The number of morpholine rings is 1. The van der Waals surface area contributed by atoms with Crippen molar-refractivity contribution in [2.24, 2.45) is 5.73 Å². The Bertz CT molecular complexity index is 773. The second-order valence-electron chi connectivity index (χ2n) is 6.09. The zero-order chi connectivity index (χ0) is 19.1. The molecule has 0 aliphatic carbocycles. The Morgan fingerprint density at radius 2 is 1.93 bits per heavy atom. The maximum absolute atomic E-state index is 6.31. The third-order valence-electron chi connectivity index (χ3n) is 4.23. The molecular weight excluding hydrogens is 344 g/mol. The average molecular weight is 370 g/mol. The molecule has 27 heavy (non-hydrogen) atoms. The summed E-state index contributed by atoms with van der Waals surface area (Å²) in [6, 6.07) is 7.78. The molecule has 0 spiro atoms. The molecule has 1 aromatic heterocycles. The standard InChI is InChI=1S/C19H26N6O2/c1-26-15-5-2-14(3-6-15)4-7-16-23-18(22-9-8-20)17(21)19(24-16)25-10-12-27-13-11-25/h2-7H,8-13,20-21H2,1H3,(H,22,23,24)/b7-4+. The van der Waals surface area contributed by atoms with Gasteiger partial charge in [-0.15, -0.1) is 0 Å². The first-order valence-electron chi connectivity index (χ1n) is 8.97. The van der Waals surface area contributed by atoms with Crippen LogP contribution in [-0.4, -0.2) is 56.5 Å². The van der Waals surface area contributed by atoms with Crippen LogP contribution in [0.25, 0.3) is 12.2 Å². The van der Waals surface area contributed by atoms with Crippen LogP contribution in [0, 0.1) is 0 Å². The Hall–Kier alpha value is -2.84. The summed E-state index contributed by atoms with van der Waals surface area (Å²) in [6.07, 6.45) is 3.83. The summed E-state index contributed by atoms with van der Waals surface area (Å²) in [5, 5.41) is 3.19. The number of aromatic nitrogens is 2. The number of nitrogens with one attached hydrogen (secondary N) is 1. The molecule has 144 valence electrons. The third-order valence-corrected chi connectivity index (χ3v) is 4.23. The van der Waals surface area contributed by atoms with Gasteiger partial charge >= 0.3 is 0 Å². The highest BCUT2D eigenvalue weighted by molar-refractivity contribution is 5.78. The minimum absolute atomic E-state index is 0.493. The van der Waals surface area contributed by atoms with Crippen LogP contribution in [0.5, 0.6) is 5.75 Å². The fourth-order valence-corrected chi connectivity index (χ4v) is 2.78. The van der Waals surface area contributed by atoms with Crippen LogP contribution in [0.1, 0.15) is 11.4 Å². The molecule has 5 N–H and O–H groups in total. The number of nitrogens with zero attached hydrogens (tertiary/aromatic N) is 3. The van der Waals surface area contributed by atoms with E-state index >= 15 is 0 Å². The lowest BCUT2D eigenvalue weighted by Crippen LogP contribution is -2.37. The maximum Gasteiger partial charge on any atom is 0.158 e. The van der Waals surface area contributed by atoms with E-state index in [1.54, 1.807) is 7.11 Å². The van der Waals surface area contributed by atoms with Gasteiger partial charge in [0.1, 0.15) is 11.4 Å². The predicted octanol–water partition coefficient (Wildman–Crippen LogP) is 1.45. The number of anilines is 3. The van der Waals surface area contributed by atoms with E-state index in [9.17, 15) is 0 Å². The molecular formula is C19H26N6O2. The SMILES string of the molecule is COc1ccc(/C=C/c2nc(NCCN)c(N)c(N3CCOCC3)n2)cc1. The lowest BCUT2D eigenvalue weighted by molar-refractivity contribution is 0.122. The van der Waals surface area contributed by atoms with E-state index in [2.05, 4.69) is 20.2 Å². The molecule has 1 fully saturated rings. The van der Waals surface area contributed by atoms with Crippen LogP contribution < -0.4 is 26.4 Å². The van der Waals surface area contributed by atoms with Crippen LogP contribution in [0.3, 0.4) is 0 Å². The molecule has 2 aromatic rings. The third kappa shape index (κ3) is 4.87. The summed E-state index contributed by atoms with van der Waals surface area (Å²) >= 11 is 0. The fourth-order valence-electron chi connectivity index (χ4n) is 2.78. The van der Waals surface area contributed by atoms with Crippen molar-refractivity contribution in [3.8, 4) is 5.75 Å². The van der Waals surface area contributed by atoms with Gasteiger partial charge in [0.25, 0.3) is 0 Å². The molecule has 0 amide bonds. The largest absolute Gasteiger partial charge is 0.497 e. The van der Waals surface area contributed by atoms with Crippen LogP contribution in [0.4, 0.5) is 17.3 Å². The highest BCUT2D eigenvalue weighted by Gasteiger charge is 2.19. The number of nitrogen functional groups attached to an aromatic ring is 1. The monoisotopic (exact) mass is 370 g/mol. The van der Waals surface area contributed by atoms with Crippen molar-refractivity contribution in [2.45, 2.75) is 0 Å². The van der Waals surface area contributed by atoms with Gasteiger partial charge in [0.15, 0.2) is 17.5 Å². The van der Waals surface area contributed by atoms with Crippen molar-refractivity contribution in [1.82, 2.24) is 9.97 Å². The number of benzene rings is 1. The molecule has 1 aromatic carbocycles. The van der Waals surface area contributed by atoms with E-state index in [0.29, 0.717) is 43.6 Å². The summed E-state index contributed by atoms with van der Waals surface area (Å²) in [5.74, 6) is 2.73. The summed E-state index contributed by atoms with van der Waals surface area (Å²) < 4.78 is 10.6. The Kier molecular flexibility index (Phi) is 6.45. The summed E-state index contributed by atoms with van der Waals surface area (Å²) in [6.45, 7) is 3.90. The molecule has 0 atom stereocenters. The number of hydrogen-bond acceptors (Lipinski definition) is 8. The van der Waals surface area contributed by atoms with Gasteiger partial charge in [-0.25, -0.2) is 9.97 Å². The van der Waals surface area contributed by atoms with Crippen molar-refractivity contribution in [3.05, 3.63) is 35.7 Å². The quantitative estimate of drug-likeness (QED) is 0.671. The van der Waals surface area contributed by atoms with Gasteiger partial charge in [0, 0.05) is 26.2 Å². The smallest absolute Gasteiger partial charge is 0.158 e. The molecule has 1 saturated heterocycles. The van der Waals surface area contributed by atoms with Crippen LogP contribution in [0.15, 0.2) is 24.3 Å². The Labute approximate surface area is 159 Å². The lowest BCUT2D eigenvalue weighted by atomic mass is 10.2. The van der Waals surface area contributed by atoms with Crippen LogP contribution in [-0.2, 0) is 4.74 Å². The van der Waals surface area contributed by atoms with Crippen molar-refractivity contribution in [2.75, 3.05) is 62.5 Å². The zero-order valence-electron chi connectivity index (χ0n) is 15.5. The van der Waals surface area contributed by atoms with Crippen molar-refractivity contribution in [1.29, 1.82) is 0 Å². The van der Waals surface area contributed by atoms with Crippen LogP contribution in [0.2, 0.25) is 0 Å². The van der Waals surface area contributed by atoms with Gasteiger partial charge in [-0.3, -0.25) is 0 Å². The molecule has 0 bridgehead atoms. The van der Waals surface area contributed by atoms with Gasteiger partial charge in [-0.1, -0.05) is 18.2 Å². The molecule has 2 heterocycles. The molecule has 1 aliphatic rings. The molecule has 1 aliphatic heterocycles. The normalized spacial score (nSPS) is 14.5. The predicted molar refractivity (Wildman–Crippen MR) is 109 cm³/mol. The second kappa shape index (κ2) is 9.20. The first-order valence-corrected chi connectivity index (χ1v) is 8.97. The van der Waals surface area contributed by atoms with Crippen molar-refractivity contribution >= 4 is 29.5 Å². The van der Waals surface area contributed by atoms with Crippen molar-refractivity contribution < 1.29 is 9.47 Å². The van der Waals surface area contributed by atoms with E-state index in [1.165, 1.54) is 0 Å². The maximum atomic E-state index is 6.31. The number of ether oxygens (including phenoxy) is 2. The second-order valence-corrected chi connectivity index (χ2v) is 6.09. The first kappa shape index (κ1) is 18.9. The van der Waals surface area contributed by atoms with E-state index in [4.69, 9.17) is 20.9 Å². The Balaban J connectivity index is 1.88. The molecule has 8 heteroatoms. The molecule has 0 radical (unpaired) electrons. The van der Waals surface area contributed by atoms with Gasteiger partial charge < -0.3 is 31.2 Å². The summed E-state index contributed by atoms with van der Waals surface area (Å²) in [4.78, 5) is 11.3. The zero-order valence-corrected chi connectivity index (χ0v) is 15.5. The Morgan fingerprint density at radius 1 is 1.19 bits per heavy atom. The number of methoxy groups -OCH3 is 1. The molecule has 8 nitrogen and oxygen atoms in total. The van der Waals surface area contributed by atoms with Gasteiger partial charge in [0.2, 0.25) is 0 Å².